The summed E-state index contributed by atoms with van der Waals surface area (Å²) in [5, 5.41) is 5.69. The molecule has 1 aliphatic heterocycles. The first-order valence-corrected chi connectivity index (χ1v) is 9.84. The molecule has 0 aliphatic carbocycles. The number of hydrogen-bond acceptors (Lipinski definition) is 6. The normalized spacial score (nSPS) is 16.0. The molecule has 1 aliphatic rings. The number of anilines is 1. The van der Waals surface area contributed by atoms with Gasteiger partial charge in [-0.05, 0) is 43.2 Å². The lowest BCUT2D eigenvalue weighted by atomic mass is 10.1. The van der Waals surface area contributed by atoms with Crippen molar-refractivity contribution in [2.75, 3.05) is 39.8 Å². The van der Waals surface area contributed by atoms with Crippen molar-refractivity contribution in [2.45, 2.75) is 18.9 Å². The van der Waals surface area contributed by atoms with Crippen LogP contribution in [0.3, 0.4) is 0 Å². The lowest BCUT2D eigenvalue weighted by Crippen LogP contribution is -2.36. The molecule has 1 fully saturated rings. The molecule has 1 heterocycles. The summed E-state index contributed by atoms with van der Waals surface area (Å²) in [7, 11) is 4.43. The summed E-state index contributed by atoms with van der Waals surface area (Å²) >= 11 is 0. The maximum Gasteiger partial charge on any atom is 0.258 e. The highest BCUT2D eigenvalue weighted by Gasteiger charge is 2.19. The van der Waals surface area contributed by atoms with Crippen molar-refractivity contribution in [1.82, 2.24) is 5.32 Å². The third kappa shape index (κ3) is 5.85. The Morgan fingerprint density at radius 1 is 1.16 bits per heavy atom. The van der Waals surface area contributed by atoms with Gasteiger partial charge in [-0.3, -0.25) is 10.1 Å². The van der Waals surface area contributed by atoms with Crippen LogP contribution in [0.4, 0.5) is 10.1 Å². The number of nitrogens with one attached hydrogen (secondary N) is 2. The van der Waals surface area contributed by atoms with Crippen molar-refractivity contribution >= 4 is 17.6 Å². The second-order valence-electron chi connectivity index (χ2n) is 6.83. The number of rotatable bonds is 7. The van der Waals surface area contributed by atoms with Crippen LogP contribution in [0, 0.1) is 5.82 Å². The Balaban J connectivity index is 1.83. The van der Waals surface area contributed by atoms with E-state index in [2.05, 4.69) is 15.6 Å². The largest absolute Gasteiger partial charge is 0.493 e. The van der Waals surface area contributed by atoms with Crippen molar-refractivity contribution in [1.29, 1.82) is 0 Å². The van der Waals surface area contributed by atoms with Crippen LogP contribution in [-0.2, 0) is 4.74 Å². The molecular formula is C22H26FN3O5. The van der Waals surface area contributed by atoms with Gasteiger partial charge in [0.25, 0.3) is 5.91 Å². The van der Waals surface area contributed by atoms with Gasteiger partial charge in [0.1, 0.15) is 5.82 Å². The number of guanidine groups is 1. The highest BCUT2D eigenvalue weighted by Crippen LogP contribution is 2.38. The molecule has 3 rings (SSSR count). The van der Waals surface area contributed by atoms with Crippen LogP contribution in [-0.4, -0.2) is 52.5 Å². The van der Waals surface area contributed by atoms with Gasteiger partial charge in [0.05, 0.1) is 34.0 Å². The second kappa shape index (κ2) is 10.6. The standard InChI is InChI=1S/C22H26FN3O5/c1-28-18-10-14(11-19(29-2)20(18)30-3)21(27)26-22(24-13-17-8-5-9-31-17)25-16-7-4-6-15(23)12-16/h4,6-7,10-12,17H,5,8-9,13H2,1-3H3,(H2,24,25,26,27)/t17-/m0/s1. The highest BCUT2D eigenvalue weighted by atomic mass is 19.1. The van der Waals surface area contributed by atoms with Crippen molar-refractivity contribution in [3.8, 4) is 17.2 Å². The van der Waals surface area contributed by atoms with E-state index in [1.165, 1.54) is 45.6 Å². The fourth-order valence-electron chi connectivity index (χ4n) is 3.19. The number of nitrogens with zero attached hydrogens (tertiary/aromatic N) is 1. The lowest BCUT2D eigenvalue weighted by molar-refractivity contribution is 0.0974. The van der Waals surface area contributed by atoms with E-state index < -0.39 is 11.7 Å². The van der Waals surface area contributed by atoms with Crippen molar-refractivity contribution < 1.29 is 28.1 Å². The second-order valence-corrected chi connectivity index (χ2v) is 6.83. The Hall–Kier alpha value is -3.33. The van der Waals surface area contributed by atoms with Gasteiger partial charge in [-0.2, -0.15) is 0 Å². The Morgan fingerprint density at radius 3 is 2.48 bits per heavy atom. The van der Waals surface area contributed by atoms with Crippen molar-refractivity contribution in [2.24, 2.45) is 4.99 Å². The van der Waals surface area contributed by atoms with E-state index in [1.807, 2.05) is 0 Å². The molecule has 0 aromatic heterocycles. The number of amides is 1. The van der Waals surface area contributed by atoms with E-state index >= 15 is 0 Å². The molecule has 9 heteroatoms. The van der Waals surface area contributed by atoms with E-state index in [0.29, 0.717) is 36.1 Å². The van der Waals surface area contributed by atoms with E-state index in [9.17, 15) is 9.18 Å². The maximum atomic E-state index is 13.6. The van der Waals surface area contributed by atoms with E-state index in [-0.39, 0.29) is 17.6 Å². The molecule has 0 unspecified atom stereocenters. The topological polar surface area (TPSA) is 90.4 Å². The predicted molar refractivity (Wildman–Crippen MR) is 115 cm³/mol. The van der Waals surface area contributed by atoms with Crippen molar-refractivity contribution in [3.05, 3.63) is 47.8 Å². The van der Waals surface area contributed by atoms with Gasteiger partial charge in [-0.25, -0.2) is 9.38 Å². The average molecular weight is 431 g/mol. The first-order chi connectivity index (χ1) is 15.0. The molecule has 1 amide bonds. The maximum absolute atomic E-state index is 13.6. The van der Waals surface area contributed by atoms with Crippen molar-refractivity contribution in [3.63, 3.8) is 0 Å². The van der Waals surface area contributed by atoms with Gasteiger partial charge in [-0.15, -0.1) is 0 Å². The summed E-state index contributed by atoms with van der Waals surface area (Å²) in [6.07, 6.45) is 1.87. The van der Waals surface area contributed by atoms with Crippen LogP contribution in [0.1, 0.15) is 23.2 Å². The molecule has 1 atom stereocenters. The highest BCUT2D eigenvalue weighted by molar-refractivity contribution is 6.10. The third-order valence-corrected chi connectivity index (χ3v) is 4.72. The minimum atomic E-state index is -0.450. The molecule has 0 radical (unpaired) electrons. The quantitative estimate of drug-likeness (QED) is 0.517. The summed E-state index contributed by atoms with van der Waals surface area (Å²) in [5.41, 5.74) is 0.733. The number of carbonyl (C=O) groups is 1. The van der Waals surface area contributed by atoms with E-state index in [4.69, 9.17) is 18.9 Å². The number of aliphatic imine (C=N–C) groups is 1. The summed E-state index contributed by atoms with van der Waals surface area (Å²) < 4.78 is 35.1. The van der Waals surface area contributed by atoms with E-state index in [1.54, 1.807) is 12.1 Å². The Morgan fingerprint density at radius 2 is 1.90 bits per heavy atom. The van der Waals surface area contributed by atoms with Crippen LogP contribution in [0.15, 0.2) is 41.4 Å². The third-order valence-electron chi connectivity index (χ3n) is 4.72. The molecule has 0 spiro atoms. The van der Waals surface area contributed by atoms with Crippen LogP contribution in [0.25, 0.3) is 0 Å². The first kappa shape index (κ1) is 22.4. The molecule has 8 nitrogen and oxygen atoms in total. The van der Waals surface area contributed by atoms with Gasteiger partial charge in [0.2, 0.25) is 11.7 Å². The molecule has 1 saturated heterocycles. The van der Waals surface area contributed by atoms with E-state index in [0.717, 1.165) is 12.8 Å². The zero-order valence-corrected chi connectivity index (χ0v) is 17.7. The van der Waals surface area contributed by atoms with Crippen LogP contribution < -0.4 is 24.8 Å². The monoisotopic (exact) mass is 431 g/mol. The number of hydrogen-bond donors (Lipinski definition) is 2. The average Bonchev–Trinajstić information content (AvgIpc) is 3.30. The summed E-state index contributed by atoms with van der Waals surface area (Å²) in [6.45, 7) is 1.07. The first-order valence-electron chi connectivity index (χ1n) is 9.84. The SMILES string of the molecule is COc1cc(C(=O)NC(=NC[C@@H]2CCCO2)Nc2cccc(F)c2)cc(OC)c1OC. The van der Waals surface area contributed by atoms with Gasteiger partial charge in [-0.1, -0.05) is 6.07 Å². The number of halogens is 1. The summed E-state index contributed by atoms with van der Waals surface area (Å²) in [5.74, 6) is 0.408. The smallest absolute Gasteiger partial charge is 0.258 e. The van der Waals surface area contributed by atoms with Crippen LogP contribution in [0.5, 0.6) is 17.2 Å². The summed E-state index contributed by atoms with van der Waals surface area (Å²) in [6, 6.07) is 8.97. The molecule has 31 heavy (non-hydrogen) atoms. The number of methoxy groups -OCH3 is 3. The molecule has 2 N–H and O–H groups in total. The predicted octanol–water partition coefficient (Wildman–Crippen LogP) is 3.23. The number of ether oxygens (including phenoxy) is 4. The van der Waals surface area contributed by atoms with Gasteiger partial charge >= 0.3 is 0 Å². The van der Waals surface area contributed by atoms with Gasteiger partial charge in [0, 0.05) is 17.9 Å². The Kier molecular flexibility index (Phi) is 7.66. The fourth-order valence-corrected chi connectivity index (χ4v) is 3.19. The fraction of sp³-hybridized carbons (Fsp3) is 0.364. The molecule has 0 bridgehead atoms. The molecule has 2 aromatic carbocycles. The molecule has 2 aromatic rings. The Bertz CT molecular complexity index is 919. The zero-order valence-electron chi connectivity index (χ0n) is 17.7. The number of carbonyl (C=O) groups excluding carboxylic acids is 1. The lowest BCUT2D eigenvalue weighted by Gasteiger charge is -2.16. The van der Waals surface area contributed by atoms with Gasteiger partial charge in [0.15, 0.2) is 11.5 Å². The molecule has 0 saturated carbocycles. The van der Waals surface area contributed by atoms with Gasteiger partial charge < -0.3 is 24.3 Å². The minimum absolute atomic E-state index is 0.0117. The van der Waals surface area contributed by atoms with Crippen LogP contribution >= 0.6 is 0 Å². The number of benzene rings is 2. The molecule has 166 valence electrons. The van der Waals surface area contributed by atoms with Crippen LogP contribution in [0.2, 0.25) is 0 Å². The zero-order chi connectivity index (χ0) is 22.2. The minimum Gasteiger partial charge on any atom is -0.493 e. The Labute approximate surface area is 180 Å². The summed E-state index contributed by atoms with van der Waals surface area (Å²) in [4.78, 5) is 17.4. The molecular weight excluding hydrogens is 405 g/mol.